The highest BCUT2D eigenvalue weighted by molar-refractivity contribution is 9.10. The Morgan fingerprint density at radius 2 is 2.38 bits per heavy atom. The van der Waals surface area contributed by atoms with Crippen molar-refractivity contribution in [2.45, 2.75) is 32.4 Å². The molecule has 0 amide bonds. The normalized spacial score (nSPS) is 21.6. The van der Waals surface area contributed by atoms with E-state index in [4.69, 9.17) is 9.47 Å². The van der Waals surface area contributed by atoms with Gasteiger partial charge < -0.3 is 9.47 Å². The number of nitrogens with zero attached hydrogens (tertiary/aromatic N) is 2. The molecule has 5 heteroatoms. The van der Waals surface area contributed by atoms with Crippen molar-refractivity contribution < 1.29 is 9.47 Å². The average Bonchev–Trinajstić information content (AvgIpc) is 2.62. The zero-order chi connectivity index (χ0) is 11.5. The maximum absolute atomic E-state index is 5.60. The molecule has 1 fully saturated rings. The van der Waals surface area contributed by atoms with Gasteiger partial charge in [-0.15, -0.1) is 0 Å². The van der Waals surface area contributed by atoms with E-state index in [1.165, 1.54) is 0 Å². The molecule has 2 heterocycles. The summed E-state index contributed by atoms with van der Waals surface area (Å²) in [6, 6.07) is 2.06. The van der Waals surface area contributed by atoms with E-state index in [-0.39, 0.29) is 6.10 Å². The summed E-state index contributed by atoms with van der Waals surface area (Å²) in [6.07, 6.45) is 0.116. The molecule has 16 heavy (non-hydrogen) atoms. The van der Waals surface area contributed by atoms with E-state index in [1.807, 2.05) is 4.68 Å². The number of hydrogen-bond donors (Lipinski definition) is 0. The van der Waals surface area contributed by atoms with E-state index in [2.05, 4.69) is 40.9 Å². The molecule has 1 aromatic rings. The molecule has 2 rings (SSSR count). The van der Waals surface area contributed by atoms with Crippen LogP contribution in [0.2, 0.25) is 0 Å². The zero-order valence-electron chi connectivity index (χ0n) is 9.65. The maximum Gasteiger partial charge on any atom is 0.104 e. The smallest absolute Gasteiger partial charge is 0.104 e. The predicted molar refractivity (Wildman–Crippen MR) is 64.6 cm³/mol. The number of ether oxygens (including phenoxy) is 2. The van der Waals surface area contributed by atoms with Gasteiger partial charge in [0.15, 0.2) is 0 Å². The Kier molecular flexibility index (Phi) is 4.00. The second kappa shape index (κ2) is 5.29. The van der Waals surface area contributed by atoms with Crippen LogP contribution >= 0.6 is 15.9 Å². The Bertz CT molecular complexity index is 346. The van der Waals surface area contributed by atoms with Crippen LogP contribution in [0.3, 0.4) is 0 Å². The standard InChI is InChI=1S/C11H17BrN2O2/c1-8(2)10-5-11(12)14(13-10)6-9-7-15-3-4-16-9/h5,8-9H,3-4,6-7H2,1-2H3/t9-/m0/s1. The van der Waals surface area contributed by atoms with E-state index in [0.717, 1.165) is 16.8 Å². The van der Waals surface area contributed by atoms with E-state index in [0.29, 0.717) is 25.7 Å². The quantitative estimate of drug-likeness (QED) is 0.855. The van der Waals surface area contributed by atoms with E-state index < -0.39 is 0 Å². The van der Waals surface area contributed by atoms with Crippen LogP contribution < -0.4 is 0 Å². The first-order valence-corrected chi connectivity index (χ1v) is 6.38. The molecule has 1 aromatic heterocycles. The van der Waals surface area contributed by atoms with Crippen LogP contribution in [-0.4, -0.2) is 35.7 Å². The third-order valence-corrected chi connectivity index (χ3v) is 3.24. The van der Waals surface area contributed by atoms with Crippen molar-refractivity contribution in [2.24, 2.45) is 0 Å². The molecule has 0 N–H and O–H groups in total. The third-order valence-electron chi connectivity index (χ3n) is 2.60. The van der Waals surface area contributed by atoms with Crippen molar-refractivity contribution in [1.82, 2.24) is 9.78 Å². The molecule has 4 nitrogen and oxygen atoms in total. The highest BCUT2D eigenvalue weighted by atomic mass is 79.9. The molecule has 0 radical (unpaired) electrons. The number of hydrogen-bond acceptors (Lipinski definition) is 3. The lowest BCUT2D eigenvalue weighted by molar-refractivity contribution is -0.0948. The number of rotatable bonds is 3. The number of aromatic nitrogens is 2. The van der Waals surface area contributed by atoms with Crippen molar-refractivity contribution in [2.75, 3.05) is 19.8 Å². The van der Waals surface area contributed by atoms with Crippen LogP contribution in [0.1, 0.15) is 25.5 Å². The first-order valence-electron chi connectivity index (χ1n) is 5.59. The lowest BCUT2D eigenvalue weighted by atomic mass is 10.1. The number of halogens is 1. The fourth-order valence-corrected chi connectivity index (χ4v) is 2.12. The third kappa shape index (κ3) is 2.84. The Balaban J connectivity index is 2.02. The van der Waals surface area contributed by atoms with Crippen LogP contribution in [0.25, 0.3) is 0 Å². The topological polar surface area (TPSA) is 36.3 Å². The summed E-state index contributed by atoms with van der Waals surface area (Å²) in [6.45, 7) is 7.06. The molecular formula is C11H17BrN2O2. The molecule has 1 aliphatic heterocycles. The van der Waals surface area contributed by atoms with Crippen LogP contribution in [0.15, 0.2) is 10.7 Å². The summed E-state index contributed by atoms with van der Waals surface area (Å²) in [5.41, 5.74) is 1.10. The molecule has 1 aliphatic rings. The van der Waals surface area contributed by atoms with E-state index >= 15 is 0 Å². The maximum atomic E-state index is 5.60. The summed E-state index contributed by atoms with van der Waals surface area (Å²) < 4.78 is 13.9. The van der Waals surface area contributed by atoms with Gasteiger partial charge in [-0.1, -0.05) is 13.8 Å². The van der Waals surface area contributed by atoms with Crippen molar-refractivity contribution in [3.63, 3.8) is 0 Å². The van der Waals surface area contributed by atoms with Crippen molar-refractivity contribution in [1.29, 1.82) is 0 Å². The first-order chi connectivity index (χ1) is 7.66. The lowest BCUT2D eigenvalue weighted by Gasteiger charge is -2.23. The minimum Gasteiger partial charge on any atom is -0.376 e. The Hall–Kier alpha value is -0.390. The van der Waals surface area contributed by atoms with Gasteiger partial charge in [0.05, 0.1) is 32.1 Å². The predicted octanol–water partition coefficient (Wildman–Crippen LogP) is 2.18. The second-order valence-electron chi connectivity index (χ2n) is 4.30. The molecule has 1 saturated heterocycles. The lowest BCUT2D eigenvalue weighted by Crippen LogP contribution is -2.32. The van der Waals surface area contributed by atoms with Gasteiger partial charge in [-0.3, -0.25) is 4.68 Å². The van der Waals surface area contributed by atoms with Crippen LogP contribution in [0, 0.1) is 0 Å². The van der Waals surface area contributed by atoms with E-state index in [1.54, 1.807) is 0 Å². The molecule has 0 unspecified atom stereocenters. The minimum atomic E-state index is 0.116. The molecule has 0 saturated carbocycles. The first kappa shape index (κ1) is 12.1. The summed E-state index contributed by atoms with van der Waals surface area (Å²) in [7, 11) is 0. The molecule has 1 atom stereocenters. The minimum absolute atomic E-state index is 0.116. The monoisotopic (exact) mass is 288 g/mol. The summed E-state index contributed by atoms with van der Waals surface area (Å²) in [5.74, 6) is 0.445. The Morgan fingerprint density at radius 1 is 1.56 bits per heavy atom. The van der Waals surface area contributed by atoms with Crippen LogP contribution in [0.4, 0.5) is 0 Å². The van der Waals surface area contributed by atoms with Gasteiger partial charge in [0.1, 0.15) is 10.7 Å². The molecule has 0 bridgehead atoms. The Labute approximate surface area is 104 Å². The highest BCUT2D eigenvalue weighted by Gasteiger charge is 2.17. The Morgan fingerprint density at radius 3 is 2.94 bits per heavy atom. The molecule has 0 aromatic carbocycles. The van der Waals surface area contributed by atoms with Gasteiger partial charge in [-0.25, -0.2) is 0 Å². The second-order valence-corrected chi connectivity index (χ2v) is 5.11. The van der Waals surface area contributed by atoms with Crippen molar-refractivity contribution in [3.05, 3.63) is 16.4 Å². The fourth-order valence-electron chi connectivity index (χ4n) is 1.66. The zero-order valence-corrected chi connectivity index (χ0v) is 11.2. The van der Waals surface area contributed by atoms with Crippen molar-refractivity contribution in [3.8, 4) is 0 Å². The van der Waals surface area contributed by atoms with Crippen molar-refractivity contribution >= 4 is 15.9 Å². The van der Waals surface area contributed by atoms with Gasteiger partial charge in [-0.05, 0) is 27.9 Å². The largest absolute Gasteiger partial charge is 0.376 e. The molecular weight excluding hydrogens is 272 g/mol. The summed E-state index contributed by atoms with van der Waals surface area (Å²) in [4.78, 5) is 0. The van der Waals surface area contributed by atoms with Crippen LogP contribution in [-0.2, 0) is 16.0 Å². The van der Waals surface area contributed by atoms with Gasteiger partial charge in [0.25, 0.3) is 0 Å². The summed E-state index contributed by atoms with van der Waals surface area (Å²) >= 11 is 3.52. The van der Waals surface area contributed by atoms with E-state index in [9.17, 15) is 0 Å². The summed E-state index contributed by atoms with van der Waals surface area (Å²) in [5, 5.41) is 4.54. The SMILES string of the molecule is CC(C)c1cc(Br)n(C[C@H]2COCCO2)n1. The highest BCUT2D eigenvalue weighted by Crippen LogP contribution is 2.19. The van der Waals surface area contributed by atoms with Gasteiger partial charge in [0.2, 0.25) is 0 Å². The fraction of sp³-hybridized carbons (Fsp3) is 0.727. The van der Waals surface area contributed by atoms with Crippen LogP contribution in [0.5, 0.6) is 0 Å². The molecule has 0 aliphatic carbocycles. The molecule has 90 valence electrons. The van der Waals surface area contributed by atoms with Gasteiger partial charge in [0, 0.05) is 0 Å². The average molecular weight is 289 g/mol. The van der Waals surface area contributed by atoms with Gasteiger partial charge in [-0.2, -0.15) is 5.10 Å². The molecule has 0 spiro atoms. The van der Waals surface area contributed by atoms with Gasteiger partial charge >= 0.3 is 0 Å².